The zero-order valence-electron chi connectivity index (χ0n) is 11.4. The third kappa shape index (κ3) is 3.88. The molecule has 20 heavy (non-hydrogen) atoms. The molecule has 0 aliphatic heterocycles. The molecule has 0 saturated heterocycles. The van der Waals surface area contributed by atoms with Crippen LogP contribution in [-0.2, 0) is 14.8 Å². The number of Topliss-reactive ketones (excluding diaryl/α,β-unsaturated/α-hetero) is 1. The first-order valence-corrected chi connectivity index (χ1v) is 7.56. The number of aliphatic carboxylic acids is 1. The molecule has 0 atom stereocenters. The number of sulfonamides is 1. The Balaban J connectivity index is 3.11. The van der Waals surface area contributed by atoms with E-state index in [0.29, 0.717) is 12.0 Å². The number of ketones is 1. The zero-order chi connectivity index (χ0) is 15.3. The summed E-state index contributed by atoms with van der Waals surface area (Å²) in [6.07, 6.45) is 0.512. The average molecular weight is 299 g/mol. The summed E-state index contributed by atoms with van der Waals surface area (Å²) in [6, 6.07) is 5.47. The number of carboxylic acid groups (broad SMARTS) is 1. The Morgan fingerprint density at radius 1 is 1.20 bits per heavy atom. The van der Waals surface area contributed by atoms with Crippen LogP contribution in [0, 0.1) is 0 Å². The van der Waals surface area contributed by atoms with E-state index in [9.17, 15) is 18.0 Å². The Kier molecular flexibility index (Phi) is 5.41. The number of carboxylic acids is 1. The summed E-state index contributed by atoms with van der Waals surface area (Å²) < 4.78 is 25.5. The van der Waals surface area contributed by atoms with Crippen molar-refractivity contribution in [3.8, 4) is 0 Å². The van der Waals surface area contributed by atoms with E-state index in [1.165, 1.54) is 31.2 Å². The lowest BCUT2D eigenvalue weighted by molar-refractivity contribution is -0.137. The van der Waals surface area contributed by atoms with Gasteiger partial charge >= 0.3 is 5.97 Å². The van der Waals surface area contributed by atoms with E-state index in [0.717, 1.165) is 4.31 Å². The molecule has 110 valence electrons. The summed E-state index contributed by atoms with van der Waals surface area (Å²) in [6.45, 7) is 2.70. The number of carbonyl (C=O) groups is 2. The summed E-state index contributed by atoms with van der Waals surface area (Å²) in [7, 11) is -3.86. The first-order valence-electron chi connectivity index (χ1n) is 6.12. The highest BCUT2D eigenvalue weighted by Gasteiger charge is 2.25. The molecule has 0 heterocycles. The second-order valence-electron chi connectivity index (χ2n) is 4.31. The molecule has 1 aromatic rings. The number of carbonyl (C=O) groups excluding carboxylic acids is 1. The van der Waals surface area contributed by atoms with Crippen LogP contribution < -0.4 is 0 Å². The third-order valence-electron chi connectivity index (χ3n) is 2.68. The zero-order valence-corrected chi connectivity index (χ0v) is 12.2. The first-order chi connectivity index (χ1) is 9.28. The summed E-state index contributed by atoms with van der Waals surface area (Å²) in [5.41, 5.74) is 0.407. The van der Waals surface area contributed by atoms with E-state index in [2.05, 4.69) is 0 Å². The molecule has 7 heteroatoms. The van der Waals surface area contributed by atoms with Gasteiger partial charge in [0.15, 0.2) is 5.78 Å². The van der Waals surface area contributed by atoms with E-state index in [1.54, 1.807) is 6.92 Å². The normalized spacial score (nSPS) is 11.6. The lowest BCUT2D eigenvalue weighted by Crippen LogP contribution is -2.36. The maximum atomic E-state index is 12.3. The summed E-state index contributed by atoms with van der Waals surface area (Å²) >= 11 is 0. The highest BCUT2D eigenvalue weighted by atomic mass is 32.2. The number of nitrogens with zero attached hydrogens (tertiary/aromatic N) is 1. The number of rotatable bonds is 7. The van der Waals surface area contributed by atoms with Crippen LogP contribution in [0.25, 0.3) is 0 Å². The van der Waals surface area contributed by atoms with E-state index in [1.807, 2.05) is 0 Å². The molecule has 6 nitrogen and oxygen atoms in total. The van der Waals surface area contributed by atoms with Gasteiger partial charge in [0.05, 0.1) is 4.90 Å². The van der Waals surface area contributed by atoms with E-state index < -0.39 is 22.5 Å². The Morgan fingerprint density at radius 3 is 2.15 bits per heavy atom. The molecule has 0 saturated carbocycles. The molecule has 0 fully saturated rings. The van der Waals surface area contributed by atoms with Crippen LogP contribution in [-0.4, -0.2) is 42.7 Å². The SMILES string of the molecule is CCCN(CC(=O)O)S(=O)(=O)c1ccc(C(C)=O)cc1. The average Bonchev–Trinajstić information content (AvgIpc) is 2.37. The predicted molar refractivity (Wildman–Crippen MR) is 73.1 cm³/mol. The fourth-order valence-electron chi connectivity index (χ4n) is 1.70. The summed E-state index contributed by atoms with van der Waals surface area (Å²) in [4.78, 5) is 21.9. The number of hydrogen-bond donors (Lipinski definition) is 1. The molecule has 0 aliphatic carbocycles. The van der Waals surface area contributed by atoms with E-state index in [4.69, 9.17) is 5.11 Å². The lowest BCUT2D eigenvalue weighted by Gasteiger charge is -2.19. The van der Waals surface area contributed by atoms with Crippen LogP contribution >= 0.6 is 0 Å². The van der Waals surface area contributed by atoms with Crippen molar-refractivity contribution in [3.63, 3.8) is 0 Å². The molecule has 1 N–H and O–H groups in total. The van der Waals surface area contributed by atoms with Gasteiger partial charge in [-0.05, 0) is 25.5 Å². The van der Waals surface area contributed by atoms with Crippen LogP contribution in [0.5, 0.6) is 0 Å². The second kappa shape index (κ2) is 6.62. The highest BCUT2D eigenvalue weighted by molar-refractivity contribution is 7.89. The highest BCUT2D eigenvalue weighted by Crippen LogP contribution is 2.17. The monoisotopic (exact) mass is 299 g/mol. The van der Waals surface area contributed by atoms with Gasteiger partial charge < -0.3 is 5.11 Å². The van der Waals surface area contributed by atoms with Gasteiger partial charge in [-0.3, -0.25) is 9.59 Å². The van der Waals surface area contributed by atoms with Crippen molar-refractivity contribution in [2.45, 2.75) is 25.2 Å². The minimum Gasteiger partial charge on any atom is -0.480 e. The molecule has 0 aromatic heterocycles. The smallest absolute Gasteiger partial charge is 0.318 e. The summed E-state index contributed by atoms with van der Waals surface area (Å²) in [5, 5.41) is 8.79. The fourth-order valence-corrected chi connectivity index (χ4v) is 3.18. The number of hydrogen-bond acceptors (Lipinski definition) is 4. The largest absolute Gasteiger partial charge is 0.480 e. The second-order valence-corrected chi connectivity index (χ2v) is 6.25. The maximum absolute atomic E-state index is 12.3. The molecule has 1 rings (SSSR count). The molecule has 0 spiro atoms. The van der Waals surface area contributed by atoms with Gasteiger partial charge in [-0.25, -0.2) is 8.42 Å². The van der Waals surface area contributed by atoms with E-state index >= 15 is 0 Å². The van der Waals surface area contributed by atoms with Gasteiger partial charge in [0.1, 0.15) is 6.54 Å². The van der Waals surface area contributed by atoms with E-state index in [-0.39, 0.29) is 17.2 Å². The topological polar surface area (TPSA) is 91.8 Å². The third-order valence-corrected chi connectivity index (χ3v) is 4.54. The predicted octanol–water partition coefficient (Wildman–Crippen LogP) is 1.37. The Hall–Kier alpha value is -1.73. The summed E-state index contributed by atoms with van der Waals surface area (Å²) in [5.74, 6) is -1.37. The van der Waals surface area contributed by atoms with Crippen molar-refractivity contribution in [1.82, 2.24) is 4.31 Å². The van der Waals surface area contributed by atoms with Crippen molar-refractivity contribution < 1.29 is 23.1 Å². The molecule has 1 aromatic carbocycles. The van der Waals surface area contributed by atoms with Crippen molar-refractivity contribution in [1.29, 1.82) is 0 Å². The van der Waals surface area contributed by atoms with Crippen molar-refractivity contribution in [2.24, 2.45) is 0 Å². The van der Waals surface area contributed by atoms with Crippen LogP contribution in [0.4, 0.5) is 0 Å². The van der Waals surface area contributed by atoms with Crippen LogP contribution in [0.15, 0.2) is 29.2 Å². The van der Waals surface area contributed by atoms with Crippen LogP contribution in [0.3, 0.4) is 0 Å². The van der Waals surface area contributed by atoms with Gasteiger partial charge in [0.2, 0.25) is 10.0 Å². The van der Waals surface area contributed by atoms with Crippen molar-refractivity contribution in [2.75, 3.05) is 13.1 Å². The molecular formula is C13H17NO5S. The Labute approximate surface area is 118 Å². The molecule has 0 radical (unpaired) electrons. The molecule has 0 amide bonds. The Bertz CT molecular complexity index is 592. The minimum absolute atomic E-state index is 0.0165. The minimum atomic E-state index is -3.86. The van der Waals surface area contributed by atoms with Gasteiger partial charge in [0, 0.05) is 12.1 Å². The van der Waals surface area contributed by atoms with Crippen molar-refractivity contribution in [3.05, 3.63) is 29.8 Å². The molecular weight excluding hydrogens is 282 g/mol. The van der Waals surface area contributed by atoms with Crippen molar-refractivity contribution >= 4 is 21.8 Å². The van der Waals surface area contributed by atoms with Gasteiger partial charge in [-0.1, -0.05) is 19.1 Å². The molecule has 0 aliphatic rings. The standard InChI is InChI=1S/C13H17NO5S/c1-3-8-14(9-13(16)17)20(18,19)12-6-4-11(5-7-12)10(2)15/h4-7H,3,8-9H2,1-2H3,(H,16,17). The Morgan fingerprint density at radius 2 is 1.75 bits per heavy atom. The maximum Gasteiger partial charge on any atom is 0.318 e. The lowest BCUT2D eigenvalue weighted by atomic mass is 10.2. The van der Waals surface area contributed by atoms with Gasteiger partial charge in [-0.15, -0.1) is 0 Å². The van der Waals surface area contributed by atoms with Gasteiger partial charge in [-0.2, -0.15) is 4.31 Å². The number of benzene rings is 1. The fraction of sp³-hybridized carbons (Fsp3) is 0.385. The van der Waals surface area contributed by atoms with Crippen LogP contribution in [0.1, 0.15) is 30.6 Å². The quantitative estimate of drug-likeness (QED) is 0.768. The molecule has 0 unspecified atom stereocenters. The van der Waals surface area contributed by atoms with Gasteiger partial charge in [0.25, 0.3) is 0 Å². The molecule has 0 bridgehead atoms. The van der Waals surface area contributed by atoms with Crippen LogP contribution in [0.2, 0.25) is 0 Å². The first kappa shape index (κ1) is 16.3.